The number of nitrogens with zero attached hydrogens (tertiary/aromatic N) is 1. The summed E-state index contributed by atoms with van der Waals surface area (Å²) in [6.45, 7) is 8.19. The fourth-order valence-electron chi connectivity index (χ4n) is 3.85. The molecular weight excluding hydrogens is 370 g/mol. The van der Waals surface area contributed by atoms with E-state index in [0.29, 0.717) is 6.42 Å². The van der Waals surface area contributed by atoms with Crippen LogP contribution in [-0.2, 0) is 14.3 Å². The molecule has 1 aromatic carbocycles. The number of hydrogen-bond donors (Lipinski definition) is 0. The molecule has 1 aliphatic carbocycles. The number of carbonyl (C=O) groups is 2. The summed E-state index contributed by atoms with van der Waals surface area (Å²) in [5.74, 6) is -1.57. The fraction of sp³-hybridized carbons (Fsp3) is 0.391. The van der Waals surface area contributed by atoms with Crippen LogP contribution in [0.5, 0.6) is 0 Å². The van der Waals surface area contributed by atoms with Crippen LogP contribution in [0.1, 0.15) is 43.6 Å². The van der Waals surface area contributed by atoms with Crippen LogP contribution < -0.4 is 4.90 Å². The number of carbonyl (C=O) groups excluding carboxylic acids is 2. The lowest BCUT2D eigenvalue weighted by Gasteiger charge is -2.29. The summed E-state index contributed by atoms with van der Waals surface area (Å²) < 4.78 is 5.23. The van der Waals surface area contributed by atoms with E-state index in [1.54, 1.807) is 24.3 Å². The van der Waals surface area contributed by atoms with Crippen molar-refractivity contribution < 1.29 is 14.3 Å². The van der Waals surface area contributed by atoms with Gasteiger partial charge in [-0.1, -0.05) is 18.2 Å². The normalized spacial score (nSPS) is 19.2. The Hall–Kier alpha value is -2.40. The first-order chi connectivity index (χ1) is 13.6. The van der Waals surface area contributed by atoms with Crippen molar-refractivity contribution in [2.24, 2.45) is 5.92 Å². The molecule has 0 amide bonds. The lowest BCUT2D eigenvalue weighted by Crippen LogP contribution is -2.34. The van der Waals surface area contributed by atoms with Crippen LogP contribution in [0.2, 0.25) is 0 Å². The zero-order chi connectivity index (χ0) is 20.1. The van der Waals surface area contributed by atoms with E-state index in [1.807, 2.05) is 17.5 Å². The number of hydrogen-bond acceptors (Lipinski definition) is 5. The van der Waals surface area contributed by atoms with E-state index in [9.17, 15) is 9.59 Å². The van der Waals surface area contributed by atoms with E-state index in [2.05, 4.69) is 43.0 Å². The van der Waals surface area contributed by atoms with Gasteiger partial charge in [-0.25, -0.2) is 0 Å². The van der Waals surface area contributed by atoms with Crippen LogP contribution >= 0.6 is 11.3 Å². The first kappa shape index (κ1) is 20.3. The van der Waals surface area contributed by atoms with Crippen molar-refractivity contribution in [1.82, 2.24) is 0 Å². The summed E-state index contributed by atoms with van der Waals surface area (Å²) in [7, 11) is 0. The molecule has 2 atom stereocenters. The third-order valence-corrected chi connectivity index (χ3v) is 6.24. The van der Waals surface area contributed by atoms with Gasteiger partial charge in [-0.15, -0.1) is 11.3 Å². The van der Waals surface area contributed by atoms with Crippen LogP contribution in [0.3, 0.4) is 0 Å². The number of thiophene rings is 1. The Labute approximate surface area is 170 Å². The molecular formula is C23H27NO3S. The Morgan fingerprint density at radius 2 is 1.86 bits per heavy atom. The molecule has 0 aliphatic heterocycles. The van der Waals surface area contributed by atoms with Gasteiger partial charge in [-0.05, 0) is 68.0 Å². The van der Waals surface area contributed by atoms with Crippen LogP contribution in [0, 0.1) is 5.92 Å². The van der Waals surface area contributed by atoms with Gasteiger partial charge in [0.05, 0.1) is 6.61 Å². The van der Waals surface area contributed by atoms with Gasteiger partial charge < -0.3 is 9.64 Å². The summed E-state index contributed by atoms with van der Waals surface area (Å²) in [6.07, 6.45) is 2.29. The molecule has 0 N–H and O–H groups in total. The average Bonchev–Trinajstić information content (AvgIpc) is 3.24. The van der Waals surface area contributed by atoms with E-state index >= 15 is 0 Å². The van der Waals surface area contributed by atoms with Crippen LogP contribution in [0.25, 0.3) is 5.57 Å². The molecule has 28 heavy (non-hydrogen) atoms. The summed E-state index contributed by atoms with van der Waals surface area (Å²) in [6, 6.07) is 12.3. The molecule has 2 aromatic rings. The minimum atomic E-state index is -0.775. The first-order valence-electron chi connectivity index (χ1n) is 9.88. The van der Waals surface area contributed by atoms with E-state index in [-0.39, 0.29) is 18.3 Å². The number of rotatable bonds is 7. The monoisotopic (exact) mass is 397 g/mol. The predicted molar refractivity (Wildman–Crippen MR) is 115 cm³/mol. The van der Waals surface area contributed by atoms with E-state index in [1.165, 1.54) is 0 Å². The number of anilines is 1. The highest BCUT2D eigenvalue weighted by Crippen LogP contribution is 2.41. The molecule has 0 fully saturated rings. The maximum Gasteiger partial charge on any atom is 0.317 e. The number of ketones is 1. The molecule has 148 valence electrons. The highest BCUT2D eigenvalue weighted by atomic mass is 32.1. The van der Waals surface area contributed by atoms with Gasteiger partial charge in [0, 0.05) is 29.6 Å². The zero-order valence-corrected chi connectivity index (χ0v) is 17.5. The minimum absolute atomic E-state index is 0.161. The van der Waals surface area contributed by atoms with Crippen molar-refractivity contribution in [3.05, 3.63) is 58.3 Å². The second-order valence-electron chi connectivity index (χ2n) is 6.85. The Kier molecular flexibility index (Phi) is 6.68. The molecule has 0 unspecified atom stereocenters. The molecule has 0 saturated carbocycles. The lowest BCUT2D eigenvalue weighted by molar-refractivity contribution is -0.151. The molecule has 0 radical (unpaired) electrons. The summed E-state index contributed by atoms with van der Waals surface area (Å²) in [4.78, 5) is 28.8. The quantitative estimate of drug-likeness (QED) is 0.492. The molecule has 1 heterocycles. The maximum absolute atomic E-state index is 12.9. The first-order valence-corrected chi connectivity index (χ1v) is 10.8. The summed E-state index contributed by atoms with van der Waals surface area (Å²) >= 11 is 1.62. The SMILES string of the molecule is CCOC(=O)[C@H]1C(=O)C=C(c2cccs2)C[C@@H]1c1ccc(N(CC)CC)cc1. The largest absolute Gasteiger partial charge is 0.465 e. The minimum Gasteiger partial charge on any atom is -0.465 e. The highest BCUT2D eigenvalue weighted by Gasteiger charge is 2.39. The van der Waals surface area contributed by atoms with Gasteiger partial charge in [0.15, 0.2) is 5.78 Å². The number of esters is 1. The topological polar surface area (TPSA) is 46.6 Å². The highest BCUT2D eigenvalue weighted by molar-refractivity contribution is 7.11. The van der Waals surface area contributed by atoms with Crippen molar-refractivity contribution in [3.8, 4) is 0 Å². The molecule has 1 aliphatic rings. The average molecular weight is 398 g/mol. The molecule has 4 nitrogen and oxygen atoms in total. The number of allylic oxidation sites excluding steroid dienone is 2. The van der Waals surface area contributed by atoms with Gasteiger partial charge in [-0.3, -0.25) is 9.59 Å². The molecule has 0 bridgehead atoms. The fourth-order valence-corrected chi connectivity index (χ4v) is 4.60. The van der Waals surface area contributed by atoms with E-state index < -0.39 is 11.9 Å². The van der Waals surface area contributed by atoms with Crippen molar-refractivity contribution in [2.75, 3.05) is 24.6 Å². The molecule has 5 heteroatoms. The Bertz CT molecular complexity index is 835. The second kappa shape index (κ2) is 9.20. The van der Waals surface area contributed by atoms with E-state index in [0.717, 1.165) is 34.8 Å². The molecule has 0 spiro atoms. The van der Waals surface area contributed by atoms with Gasteiger partial charge in [-0.2, -0.15) is 0 Å². The van der Waals surface area contributed by atoms with E-state index in [4.69, 9.17) is 4.74 Å². The Morgan fingerprint density at radius 1 is 1.14 bits per heavy atom. The third kappa shape index (κ3) is 4.20. The van der Waals surface area contributed by atoms with Crippen molar-refractivity contribution >= 4 is 34.3 Å². The lowest BCUT2D eigenvalue weighted by atomic mass is 9.74. The van der Waals surface area contributed by atoms with Gasteiger partial charge in [0.2, 0.25) is 0 Å². The van der Waals surface area contributed by atoms with Crippen molar-refractivity contribution in [1.29, 1.82) is 0 Å². The summed E-state index contributed by atoms with van der Waals surface area (Å²) in [5.41, 5.74) is 3.15. The molecule has 0 saturated heterocycles. The smallest absolute Gasteiger partial charge is 0.317 e. The third-order valence-electron chi connectivity index (χ3n) is 5.29. The van der Waals surface area contributed by atoms with Crippen LogP contribution in [0.15, 0.2) is 47.9 Å². The Morgan fingerprint density at radius 3 is 2.43 bits per heavy atom. The van der Waals surface area contributed by atoms with Crippen molar-refractivity contribution in [2.45, 2.75) is 33.1 Å². The second-order valence-corrected chi connectivity index (χ2v) is 7.80. The van der Waals surface area contributed by atoms with Crippen molar-refractivity contribution in [3.63, 3.8) is 0 Å². The maximum atomic E-state index is 12.9. The van der Waals surface area contributed by atoms with Gasteiger partial charge in [0.1, 0.15) is 5.92 Å². The van der Waals surface area contributed by atoms with Gasteiger partial charge in [0.25, 0.3) is 0 Å². The van der Waals surface area contributed by atoms with Gasteiger partial charge >= 0.3 is 5.97 Å². The zero-order valence-electron chi connectivity index (χ0n) is 16.7. The molecule has 3 rings (SSSR count). The number of ether oxygens (including phenoxy) is 1. The predicted octanol–water partition coefficient (Wildman–Crippen LogP) is 4.91. The van der Waals surface area contributed by atoms with Crippen LogP contribution in [0.4, 0.5) is 5.69 Å². The number of benzene rings is 1. The van der Waals surface area contributed by atoms with Crippen LogP contribution in [-0.4, -0.2) is 31.4 Å². The summed E-state index contributed by atoms with van der Waals surface area (Å²) in [5, 5.41) is 2.01. The standard InChI is InChI=1S/C23H27NO3S/c1-4-24(5-2)18-11-9-16(10-12-18)19-14-17(21-8-7-13-28-21)15-20(25)22(19)23(26)27-6-3/h7-13,15,19,22H,4-6,14H2,1-3H3/t19-,22-/m1/s1. The molecule has 1 aromatic heterocycles. The Balaban J connectivity index is 1.95.